The van der Waals surface area contributed by atoms with Gasteiger partial charge in [-0.1, -0.05) is 24.4 Å². The number of terminal acetylenes is 1. The third-order valence-corrected chi connectivity index (χ3v) is 3.06. The molecule has 0 aliphatic carbocycles. The monoisotopic (exact) mass is 319 g/mol. The largest absolute Gasteiger partial charge is 0.300 e. The van der Waals surface area contributed by atoms with E-state index in [4.69, 9.17) is 18.0 Å². The predicted molar refractivity (Wildman–Crippen MR) is 69.4 cm³/mol. The van der Waals surface area contributed by atoms with Gasteiger partial charge in [0, 0.05) is 8.59 Å². The SMILES string of the molecule is C#CC(NCC)c1cc(Cl)ccc1I. The van der Waals surface area contributed by atoms with Crippen LogP contribution in [0.3, 0.4) is 0 Å². The average molecular weight is 320 g/mol. The van der Waals surface area contributed by atoms with E-state index in [0.717, 1.165) is 20.7 Å². The first-order valence-corrected chi connectivity index (χ1v) is 5.79. The van der Waals surface area contributed by atoms with Gasteiger partial charge in [-0.15, -0.1) is 6.42 Å². The Balaban J connectivity index is 3.03. The fourth-order valence-corrected chi connectivity index (χ4v) is 2.03. The molecule has 1 nitrogen and oxygen atoms in total. The molecule has 0 saturated carbocycles. The van der Waals surface area contributed by atoms with Gasteiger partial charge in [0.15, 0.2) is 0 Å². The molecule has 0 radical (unpaired) electrons. The Bertz CT molecular complexity index is 357. The highest BCUT2D eigenvalue weighted by molar-refractivity contribution is 14.1. The van der Waals surface area contributed by atoms with E-state index in [9.17, 15) is 0 Å². The van der Waals surface area contributed by atoms with Crippen LogP contribution < -0.4 is 5.32 Å². The van der Waals surface area contributed by atoms with Gasteiger partial charge in [0.2, 0.25) is 0 Å². The lowest BCUT2D eigenvalue weighted by molar-refractivity contribution is 0.662. The summed E-state index contributed by atoms with van der Waals surface area (Å²) >= 11 is 8.18. The minimum Gasteiger partial charge on any atom is -0.300 e. The zero-order chi connectivity index (χ0) is 10.6. The van der Waals surface area contributed by atoms with Crippen LogP contribution in [0.15, 0.2) is 18.2 Å². The van der Waals surface area contributed by atoms with Gasteiger partial charge in [0.05, 0.1) is 6.04 Å². The Labute approximate surface area is 103 Å². The van der Waals surface area contributed by atoms with E-state index < -0.39 is 0 Å². The molecule has 1 aromatic carbocycles. The van der Waals surface area contributed by atoms with Gasteiger partial charge >= 0.3 is 0 Å². The summed E-state index contributed by atoms with van der Waals surface area (Å²) in [6.07, 6.45) is 5.45. The summed E-state index contributed by atoms with van der Waals surface area (Å²) < 4.78 is 1.14. The summed E-state index contributed by atoms with van der Waals surface area (Å²) in [5.74, 6) is 2.71. The molecule has 0 bridgehead atoms. The molecule has 14 heavy (non-hydrogen) atoms. The second-order valence-electron chi connectivity index (χ2n) is 2.82. The first-order chi connectivity index (χ1) is 6.69. The highest BCUT2D eigenvalue weighted by atomic mass is 127. The van der Waals surface area contributed by atoms with E-state index in [2.05, 4.69) is 33.8 Å². The minimum absolute atomic E-state index is 0.0504. The molecule has 1 atom stereocenters. The highest BCUT2D eigenvalue weighted by Crippen LogP contribution is 2.23. The van der Waals surface area contributed by atoms with Gasteiger partial charge in [-0.05, 0) is 52.9 Å². The lowest BCUT2D eigenvalue weighted by Crippen LogP contribution is -2.20. The van der Waals surface area contributed by atoms with Crippen LogP contribution in [0.25, 0.3) is 0 Å². The molecule has 1 unspecified atom stereocenters. The molecule has 1 rings (SSSR count). The molecule has 0 aliphatic rings. The molecule has 0 aromatic heterocycles. The third kappa shape index (κ3) is 2.88. The molecule has 3 heteroatoms. The van der Waals surface area contributed by atoms with Crippen molar-refractivity contribution in [2.75, 3.05) is 6.54 Å². The van der Waals surface area contributed by atoms with Gasteiger partial charge in [-0.2, -0.15) is 0 Å². The molecule has 0 saturated heterocycles. The maximum atomic E-state index is 5.92. The second kappa shape index (κ2) is 5.59. The Kier molecular flexibility index (Phi) is 4.73. The van der Waals surface area contributed by atoms with Crippen molar-refractivity contribution in [2.45, 2.75) is 13.0 Å². The van der Waals surface area contributed by atoms with Crippen molar-refractivity contribution < 1.29 is 0 Å². The summed E-state index contributed by atoms with van der Waals surface area (Å²) in [6.45, 7) is 2.87. The van der Waals surface area contributed by atoms with Gasteiger partial charge in [0.25, 0.3) is 0 Å². The molecule has 1 N–H and O–H groups in total. The highest BCUT2D eigenvalue weighted by Gasteiger charge is 2.10. The molecule has 1 aromatic rings. The van der Waals surface area contributed by atoms with E-state index in [-0.39, 0.29) is 6.04 Å². The van der Waals surface area contributed by atoms with Crippen LogP contribution in [0.5, 0.6) is 0 Å². The topological polar surface area (TPSA) is 12.0 Å². The van der Waals surface area contributed by atoms with Crippen LogP contribution >= 0.6 is 34.2 Å². The van der Waals surface area contributed by atoms with E-state index in [1.54, 1.807) is 0 Å². The third-order valence-electron chi connectivity index (χ3n) is 1.84. The molecular weight excluding hydrogens is 308 g/mol. The number of rotatable bonds is 3. The first kappa shape index (κ1) is 11.8. The molecule has 0 amide bonds. The summed E-state index contributed by atoms with van der Waals surface area (Å²) in [7, 11) is 0. The lowest BCUT2D eigenvalue weighted by atomic mass is 10.1. The quantitative estimate of drug-likeness (QED) is 0.666. The molecule has 0 heterocycles. The van der Waals surface area contributed by atoms with Crippen molar-refractivity contribution in [3.63, 3.8) is 0 Å². The number of hydrogen-bond donors (Lipinski definition) is 1. The summed E-state index contributed by atoms with van der Waals surface area (Å²) in [6, 6.07) is 5.70. The zero-order valence-electron chi connectivity index (χ0n) is 7.85. The summed E-state index contributed by atoms with van der Waals surface area (Å²) in [5.41, 5.74) is 1.07. The van der Waals surface area contributed by atoms with Crippen LogP contribution in [-0.2, 0) is 0 Å². The number of benzene rings is 1. The molecule has 0 spiro atoms. The summed E-state index contributed by atoms with van der Waals surface area (Å²) in [5, 5.41) is 3.94. The molecular formula is C11H11ClIN. The van der Waals surface area contributed by atoms with Crippen LogP contribution in [0.1, 0.15) is 18.5 Å². The van der Waals surface area contributed by atoms with Crippen molar-refractivity contribution in [3.8, 4) is 12.3 Å². The van der Waals surface area contributed by atoms with Gasteiger partial charge < -0.3 is 5.32 Å². The fourth-order valence-electron chi connectivity index (χ4n) is 1.20. The van der Waals surface area contributed by atoms with Gasteiger partial charge in [-0.3, -0.25) is 0 Å². The lowest BCUT2D eigenvalue weighted by Gasteiger charge is -2.13. The molecule has 0 aliphatic heterocycles. The maximum Gasteiger partial charge on any atom is 0.0953 e. The normalized spacial score (nSPS) is 12.1. The van der Waals surface area contributed by atoms with E-state index in [1.807, 2.05) is 25.1 Å². The van der Waals surface area contributed by atoms with E-state index in [1.165, 1.54) is 0 Å². The van der Waals surface area contributed by atoms with Crippen LogP contribution in [-0.4, -0.2) is 6.54 Å². The zero-order valence-corrected chi connectivity index (χ0v) is 10.8. The van der Waals surface area contributed by atoms with Crippen molar-refractivity contribution in [3.05, 3.63) is 32.4 Å². The summed E-state index contributed by atoms with van der Waals surface area (Å²) in [4.78, 5) is 0. The Hall–Kier alpha value is -0.240. The van der Waals surface area contributed by atoms with Crippen molar-refractivity contribution >= 4 is 34.2 Å². The Morgan fingerprint density at radius 2 is 2.36 bits per heavy atom. The van der Waals surface area contributed by atoms with Gasteiger partial charge in [-0.25, -0.2) is 0 Å². The van der Waals surface area contributed by atoms with Crippen LogP contribution in [0.2, 0.25) is 5.02 Å². The standard InChI is InChI=1S/C11H11ClIN/c1-3-11(14-4-2)9-7-8(12)5-6-10(9)13/h1,5-7,11,14H,4H2,2H3. The molecule has 0 fully saturated rings. The van der Waals surface area contributed by atoms with Crippen LogP contribution in [0, 0.1) is 15.9 Å². The van der Waals surface area contributed by atoms with Crippen LogP contribution in [0.4, 0.5) is 0 Å². The first-order valence-electron chi connectivity index (χ1n) is 4.33. The van der Waals surface area contributed by atoms with E-state index >= 15 is 0 Å². The van der Waals surface area contributed by atoms with Crippen molar-refractivity contribution in [1.82, 2.24) is 5.32 Å². The second-order valence-corrected chi connectivity index (χ2v) is 4.42. The maximum absolute atomic E-state index is 5.92. The van der Waals surface area contributed by atoms with E-state index in [0.29, 0.717) is 0 Å². The Morgan fingerprint density at radius 1 is 1.64 bits per heavy atom. The number of hydrogen-bond acceptors (Lipinski definition) is 1. The van der Waals surface area contributed by atoms with Gasteiger partial charge in [0.1, 0.15) is 0 Å². The minimum atomic E-state index is -0.0504. The smallest absolute Gasteiger partial charge is 0.0953 e. The average Bonchev–Trinajstić information content (AvgIpc) is 2.18. The predicted octanol–water partition coefficient (Wildman–Crippen LogP) is 3.23. The Morgan fingerprint density at radius 3 is 2.93 bits per heavy atom. The fraction of sp³-hybridized carbons (Fsp3) is 0.273. The molecule has 74 valence electrons. The van der Waals surface area contributed by atoms with Crippen molar-refractivity contribution in [1.29, 1.82) is 0 Å². The number of nitrogens with one attached hydrogen (secondary N) is 1. The number of halogens is 2. The van der Waals surface area contributed by atoms with Crippen molar-refractivity contribution in [2.24, 2.45) is 0 Å².